The van der Waals surface area contributed by atoms with Gasteiger partial charge in [0.25, 0.3) is 0 Å². The van der Waals surface area contributed by atoms with E-state index in [-0.39, 0.29) is 42.0 Å². The number of hydrogen-bond donors (Lipinski definition) is 7. The first-order valence-electron chi connectivity index (χ1n) is 12.7. The molecule has 0 aliphatic rings. The zero-order chi connectivity index (χ0) is 30.6. The number of rotatable bonds is 14. The minimum Gasteiger partial charge on any atom is -0.444 e. The number of nitrogens with one attached hydrogen (secondary N) is 4. The molecule has 0 saturated heterocycles. The van der Waals surface area contributed by atoms with E-state index in [1.165, 1.54) is 6.20 Å². The average Bonchev–Trinajstić information content (AvgIpc) is 3.42. The highest BCUT2D eigenvalue weighted by Gasteiger charge is 2.27. The highest BCUT2D eigenvalue weighted by atomic mass is 32.1. The minimum absolute atomic E-state index is 0.0703. The number of nitrogens with zero attached hydrogens (tertiary/aromatic N) is 2. The van der Waals surface area contributed by atoms with Crippen molar-refractivity contribution in [2.75, 3.05) is 13.1 Å². The number of aromatic nitrogens is 1. The van der Waals surface area contributed by atoms with Crippen molar-refractivity contribution in [3.8, 4) is 0 Å². The van der Waals surface area contributed by atoms with Crippen LogP contribution in [0, 0.1) is 5.41 Å². The Morgan fingerprint density at radius 3 is 2.32 bits per heavy atom. The number of thiazole rings is 1. The molecule has 222 valence electrons. The Hall–Kier alpha value is -4.53. The van der Waals surface area contributed by atoms with Gasteiger partial charge in [0.2, 0.25) is 17.6 Å². The average molecular weight is 588 g/mol. The van der Waals surface area contributed by atoms with Crippen molar-refractivity contribution in [1.82, 2.24) is 20.9 Å². The minimum atomic E-state index is -1.09. The molecule has 1 aromatic carbocycles. The zero-order valence-corrected chi connectivity index (χ0v) is 24.0. The molecular formula is C26H37N9O5S. The van der Waals surface area contributed by atoms with E-state index in [0.29, 0.717) is 17.5 Å². The summed E-state index contributed by atoms with van der Waals surface area (Å²) in [5.74, 6) is -1.81. The van der Waals surface area contributed by atoms with Crippen molar-refractivity contribution in [2.45, 2.75) is 57.7 Å². The number of carbonyl (C=O) groups is 4. The van der Waals surface area contributed by atoms with Crippen molar-refractivity contribution in [1.29, 1.82) is 5.41 Å². The number of guanidine groups is 1. The number of alkyl carbamates (subject to hydrolysis) is 1. The molecular weight excluding hydrogens is 550 g/mol. The number of benzene rings is 1. The van der Waals surface area contributed by atoms with Crippen molar-refractivity contribution in [3.63, 3.8) is 0 Å². The normalized spacial score (nSPS) is 12.4. The van der Waals surface area contributed by atoms with E-state index in [2.05, 4.69) is 25.9 Å². The summed E-state index contributed by atoms with van der Waals surface area (Å²) < 4.78 is 5.29. The van der Waals surface area contributed by atoms with Gasteiger partial charge in [-0.15, -0.1) is 11.3 Å². The van der Waals surface area contributed by atoms with Crippen LogP contribution < -0.4 is 33.2 Å². The Morgan fingerprint density at radius 1 is 1.07 bits per heavy atom. The molecule has 0 radical (unpaired) electrons. The fraction of sp³-hybridized carbons (Fsp3) is 0.423. The number of Topliss-reactive ketones (excluding diaryl/α,β-unsaturated/α-hetero) is 1. The molecule has 10 N–H and O–H groups in total. The van der Waals surface area contributed by atoms with Crippen LogP contribution >= 0.6 is 11.3 Å². The predicted octanol–water partition coefficient (Wildman–Crippen LogP) is 0.400. The summed E-state index contributed by atoms with van der Waals surface area (Å²) >= 11 is 1.15. The van der Waals surface area contributed by atoms with E-state index in [0.717, 1.165) is 11.3 Å². The van der Waals surface area contributed by atoms with E-state index in [1.807, 2.05) is 0 Å². The summed E-state index contributed by atoms with van der Waals surface area (Å²) in [6, 6.07) is 4.61. The van der Waals surface area contributed by atoms with Crippen LogP contribution in [-0.4, -0.2) is 71.2 Å². The number of ketones is 1. The highest BCUT2D eigenvalue weighted by molar-refractivity contribution is 7.11. The SMILES string of the molecule is CC(C)(C)OC(=O)N[C@H](Cc1ccc(C(=N)N)cc1)C(=O)NCC(=O)N[C@@H](CCCN=C(N)N)C(=O)c1nccs1. The van der Waals surface area contributed by atoms with Gasteiger partial charge in [0.15, 0.2) is 11.0 Å². The number of carbonyl (C=O) groups excluding carboxylic acids is 4. The Kier molecular flexibility index (Phi) is 12.2. The third-order valence-electron chi connectivity index (χ3n) is 5.38. The smallest absolute Gasteiger partial charge is 0.408 e. The van der Waals surface area contributed by atoms with Crippen molar-refractivity contribution >= 4 is 46.8 Å². The maximum Gasteiger partial charge on any atom is 0.408 e. The molecule has 3 amide bonds. The summed E-state index contributed by atoms with van der Waals surface area (Å²) in [4.78, 5) is 59.1. The molecule has 1 aromatic heterocycles. The number of nitrogens with two attached hydrogens (primary N) is 3. The van der Waals surface area contributed by atoms with Gasteiger partial charge < -0.3 is 37.9 Å². The second kappa shape index (κ2) is 15.3. The quantitative estimate of drug-likeness (QED) is 0.0699. The lowest BCUT2D eigenvalue weighted by Gasteiger charge is -2.23. The van der Waals surface area contributed by atoms with Gasteiger partial charge in [-0.3, -0.25) is 24.8 Å². The summed E-state index contributed by atoms with van der Waals surface area (Å²) in [6.45, 7) is 4.87. The van der Waals surface area contributed by atoms with Crippen LogP contribution in [0.4, 0.5) is 4.79 Å². The third-order valence-corrected chi connectivity index (χ3v) is 6.16. The summed E-state index contributed by atoms with van der Waals surface area (Å²) in [5.41, 5.74) is 16.6. The molecule has 0 aliphatic heterocycles. The zero-order valence-electron chi connectivity index (χ0n) is 23.2. The number of ether oxygens (including phenoxy) is 1. The number of amides is 3. The van der Waals surface area contributed by atoms with Gasteiger partial charge in [-0.1, -0.05) is 24.3 Å². The molecule has 0 aliphatic carbocycles. The van der Waals surface area contributed by atoms with Gasteiger partial charge in [-0.25, -0.2) is 9.78 Å². The molecule has 2 aromatic rings. The van der Waals surface area contributed by atoms with Gasteiger partial charge in [0.05, 0.1) is 12.6 Å². The Labute approximate surface area is 242 Å². The fourth-order valence-corrected chi connectivity index (χ4v) is 4.15. The van der Waals surface area contributed by atoms with Gasteiger partial charge in [-0.05, 0) is 39.2 Å². The van der Waals surface area contributed by atoms with Gasteiger partial charge >= 0.3 is 6.09 Å². The maximum atomic E-state index is 13.1. The lowest BCUT2D eigenvalue weighted by atomic mass is 10.0. The topological polar surface area (TPSA) is 241 Å². The maximum absolute atomic E-state index is 13.1. The lowest BCUT2D eigenvalue weighted by molar-refractivity contribution is -0.127. The molecule has 41 heavy (non-hydrogen) atoms. The van der Waals surface area contributed by atoms with Crippen molar-refractivity contribution in [3.05, 3.63) is 52.0 Å². The van der Waals surface area contributed by atoms with Gasteiger partial charge in [0, 0.05) is 30.1 Å². The second-order valence-corrected chi connectivity index (χ2v) is 10.9. The fourth-order valence-electron chi connectivity index (χ4n) is 3.52. The van der Waals surface area contributed by atoms with Crippen LogP contribution in [0.15, 0.2) is 40.8 Å². The number of nitrogen functional groups attached to an aromatic ring is 1. The molecule has 2 rings (SSSR count). The highest BCUT2D eigenvalue weighted by Crippen LogP contribution is 2.12. The molecule has 0 spiro atoms. The Morgan fingerprint density at radius 2 is 1.76 bits per heavy atom. The lowest BCUT2D eigenvalue weighted by Crippen LogP contribution is -2.52. The first-order chi connectivity index (χ1) is 19.2. The van der Waals surface area contributed by atoms with Crippen molar-refractivity contribution < 1.29 is 23.9 Å². The van der Waals surface area contributed by atoms with E-state index < -0.39 is 42.1 Å². The molecule has 0 bridgehead atoms. The number of hydrogen-bond acceptors (Lipinski definition) is 9. The standard InChI is InChI=1S/C26H37N9O5S/c1-26(2,3)40-25(39)35-18(13-15-6-8-16(9-7-15)21(27)28)22(38)33-14-19(36)34-17(5-4-10-32-24(29)30)20(37)23-31-11-12-41-23/h6-9,11-12,17-18H,4-5,10,13-14H2,1-3H3,(H3,27,28)(H,33,38)(H,34,36)(H,35,39)(H4,29,30,32)/t17-,18+/m0/s1. The molecule has 14 nitrogen and oxygen atoms in total. The molecule has 2 atom stereocenters. The summed E-state index contributed by atoms with van der Waals surface area (Å²) in [5, 5.41) is 17.1. The van der Waals surface area contributed by atoms with E-state index >= 15 is 0 Å². The summed E-state index contributed by atoms with van der Waals surface area (Å²) in [7, 11) is 0. The monoisotopic (exact) mass is 587 g/mol. The first kappa shape index (κ1) is 32.7. The molecule has 0 fully saturated rings. The van der Waals surface area contributed by atoms with E-state index in [9.17, 15) is 19.2 Å². The number of amidine groups is 1. The molecule has 1 heterocycles. The largest absolute Gasteiger partial charge is 0.444 e. The first-order valence-corrected chi connectivity index (χ1v) is 13.6. The van der Waals surface area contributed by atoms with Crippen LogP contribution in [0.2, 0.25) is 0 Å². The number of aliphatic imine (C=N–C) groups is 1. The predicted molar refractivity (Wildman–Crippen MR) is 156 cm³/mol. The van der Waals surface area contributed by atoms with Crippen LogP contribution in [0.3, 0.4) is 0 Å². The molecule has 15 heteroatoms. The van der Waals surface area contributed by atoms with Crippen molar-refractivity contribution in [2.24, 2.45) is 22.2 Å². The van der Waals surface area contributed by atoms with E-state index in [4.69, 9.17) is 27.3 Å². The molecule has 0 unspecified atom stereocenters. The van der Waals surface area contributed by atoms with E-state index in [1.54, 1.807) is 50.4 Å². The van der Waals surface area contributed by atoms with Crippen LogP contribution in [0.25, 0.3) is 0 Å². The van der Waals surface area contributed by atoms with Crippen LogP contribution in [0.1, 0.15) is 54.5 Å². The van der Waals surface area contributed by atoms with Gasteiger partial charge in [-0.2, -0.15) is 0 Å². The summed E-state index contributed by atoms with van der Waals surface area (Å²) in [6.07, 6.45) is 1.41. The van der Waals surface area contributed by atoms with Gasteiger partial charge in [0.1, 0.15) is 17.5 Å². The Balaban J connectivity index is 2.08. The van der Waals surface area contributed by atoms with Crippen LogP contribution in [0.5, 0.6) is 0 Å². The second-order valence-electron chi connectivity index (χ2n) is 10.0. The molecule has 0 saturated carbocycles. The van der Waals surface area contributed by atoms with Crippen LogP contribution in [-0.2, 0) is 20.7 Å². The Bertz CT molecular complexity index is 1240. The third kappa shape index (κ3) is 12.0.